The number of unbranched alkanes of at least 4 members (excludes halogenated alkanes) is 3. The number of carbonyl (C=O) groups excluding carboxylic acids is 1. The van der Waals surface area contributed by atoms with Crippen molar-refractivity contribution in [3.8, 4) is 0 Å². The molecule has 0 heterocycles. The molecule has 0 aromatic carbocycles. The first kappa shape index (κ1) is 12.7. The minimum Gasteiger partial charge on any atom is -0.478 e. The van der Waals surface area contributed by atoms with Gasteiger partial charge in [-0.05, 0) is 6.42 Å². The van der Waals surface area contributed by atoms with Crippen molar-refractivity contribution < 1.29 is 19.4 Å². The fraction of sp³-hybridized carbons (Fsp3) is 0.600. The first-order valence-corrected chi connectivity index (χ1v) is 4.74. The Labute approximate surface area is 83.6 Å². The van der Waals surface area contributed by atoms with E-state index in [-0.39, 0.29) is 0 Å². The van der Waals surface area contributed by atoms with E-state index in [9.17, 15) is 9.59 Å². The molecule has 0 aliphatic carbocycles. The largest absolute Gasteiger partial charge is 0.478 e. The van der Waals surface area contributed by atoms with E-state index in [1.807, 2.05) is 0 Å². The van der Waals surface area contributed by atoms with Crippen LogP contribution in [0.2, 0.25) is 0 Å². The quantitative estimate of drug-likeness (QED) is 0.386. The van der Waals surface area contributed by atoms with Crippen LogP contribution >= 0.6 is 0 Å². The number of carboxylic acid groups (broad SMARTS) is 1. The van der Waals surface area contributed by atoms with Crippen LogP contribution in [0.4, 0.5) is 0 Å². The highest BCUT2D eigenvalue weighted by Crippen LogP contribution is 1.99. The molecule has 0 rings (SSSR count). The number of aliphatic carboxylic acids is 1. The molecule has 0 bridgehead atoms. The van der Waals surface area contributed by atoms with Gasteiger partial charge in [0.05, 0.1) is 6.61 Å². The van der Waals surface area contributed by atoms with Crippen molar-refractivity contribution in [3.05, 3.63) is 12.2 Å². The Kier molecular flexibility index (Phi) is 7.50. The van der Waals surface area contributed by atoms with E-state index in [4.69, 9.17) is 9.84 Å². The van der Waals surface area contributed by atoms with Crippen LogP contribution < -0.4 is 0 Å². The molecule has 0 saturated carbocycles. The maximum Gasteiger partial charge on any atom is 0.331 e. The maximum atomic E-state index is 10.8. The van der Waals surface area contributed by atoms with E-state index in [0.29, 0.717) is 6.61 Å². The van der Waals surface area contributed by atoms with Gasteiger partial charge in [-0.15, -0.1) is 0 Å². The number of carbonyl (C=O) groups is 2. The average molecular weight is 200 g/mol. The molecule has 80 valence electrons. The van der Waals surface area contributed by atoms with Crippen LogP contribution in [0, 0.1) is 0 Å². The molecule has 0 aliphatic rings. The van der Waals surface area contributed by atoms with Crippen LogP contribution in [0.5, 0.6) is 0 Å². The molecular formula is C10H16O4. The lowest BCUT2D eigenvalue weighted by atomic mass is 10.2. The molecule has 0 atom stereocenters. The SMILES string of the molecule is CCCCCCOC(=O)C=CC(=O)O. The molecule has 0 saturated heterocycles. The number of esters is 1. The Balaban J connectivity index is 3.40. The predicted molar refractivity (Wildman–Crippen MR) is 51.9 cm³/mol. The van der Waals surface area contributed by atoms with Gasteiger partial charge in [-0.25, -0.2) is 9.59 Å². The molecule has 0 fully saturated rings. The zero-order valence-electron chi connectivity index (χ0n) is 8.36. The van der Waals surface area contributed by atoms with Gasteiger partial charge < -0.3 is 9.84 Å². The van der Waals surface area contributed by atoms with Gasteiger partial charge in [0.15, 0.2) is 0 Å². The van der Waals surface area contributed by atoms with Crippen LogP contribution in [0.1, 0.15) is 32.6 Å². The normalized spacial score (nSPS) is 10.4. The highest BCUT2D eigenvalue weighted by atomic mass is 16.5. The third-order valence-electron chi connectivity index (χ3n) is 1.60. The van der Waals surface area contributed by atoms with Gasteiger partial charge in [0.2, 0.25) is 0 Å². The molecule has 1 N–H and O–H groups in total. The summed E-state index contributed by atoms with van der Waals surface area (Å²) < 4.78 is 4.75. The molecule has 0 aromatic heterocycles. The van der Waals surface area contributed by atoms with E-state index in [2.05, 4.69) is 6.92 Å². The zero-order chi connectivity index (χ0) is 10.8. The minimum atomic E-state index is -1.15. The summed E-state index contributed by atoms with van der Waals surface area (Å²) in [5.41, 5.74) is 0. The van der Waals surface area contributed by atoms with Gasteiger partial charge in [0, 0.05) is 12.2 Å². The predicted octanol–water partition coefficient (Wildman–Crippen LogP) is 1.75. The molecule has 4 heteroatoms. The average Bonchev–Trinajstić information content (AvgIpc) is 2.14. The lowest BCUT2D eigenvalue weighted by molar-refractivity contribution is -0.138. The highest BCUT2D eigenvalue weighted by molar-refractivity contribution is 5.90. The maximum absolute atomic E-state index is 10.8. The van der Waals surface area contributed by atoms with Gasteiger partial charge in [0.1, 0.15) is 0 Å². The summed E-state index contributed by atoms with van der Waals surface area (Å²) in [6, 6.07) is 0. The lowest BCUT2D eigenvalue weighted by Gasteiger charge is -2.00. The molecule has 0 radical (unpaired) electrons. The molecule has 0 spiro atoms. The molecule has 0 unspecified atom stereocenters. The van der Waals surface area contributed by atoms with Gasteiger partial charge in [-0.3, -0.25) is 0 Å². The van der Waals surface area contributed by atoms with Crippen molar-refractivity contribution >= 4 is 11.9 Å². The van der Waals surface area contributed by atoms with Gasteiger partial charge in [0.25, 0.3) is 0 Å². The highest BCUT2D eigenvalue weighted by Gasteiger charge is 1.97. The smallest absolute Gasteiger partial charge is 0.331 e. The Morgan fingerprint density at radius 2 is 1.93 bits per heavy atom. The van der Waals surface area contributed by atoms with Gasteiger partial charge >= 0.3 is 11.9 Å². The monoisotopic (exact) mass is 200 g/mol. The second-order valence-electron chi connectivity index (χ2n) is 2.90. The van der Waals surface area contributed by atoms with Crippen LogP contribution in [-0.4, -0.2) is 23.7 Å². The number of carboxylic acids is 1. The summed E-state index contributed by atoms with van der Waals surface area (Å²) in [4.78, 5) is 20.8. The Hall–Kier alpha value is -1.32. The van der Waals surface area contributed by atoms with E-state index < -0.39 is 11.9 Å². The Morgan fingerprint density at radius 3 is 2.50 bits per heavy atom. The van der Waals surface area contributed by atoms with E-state index >= 15 is 0 Å². The lowest BCUT2D eigenvalue weighted by Crippen LogP contribution is -2.03. The van der Waals surface area contributed by atoms with Crippen molar-refractivity contribution in [2.45, 2.75) is 32.6 Å². The first-order chi connectivity index (χ1) is 6.66. The van der Waals surface area contributed by atoms with E-state index in [1.54, 1.807) is 0 Å². The summed E-state index contributed by atoms with van der Waals surface area (Å²) in [6.07, 6.45) is 5.82. The van der Waals surface area contributed by atoms with Crippen LogP contribution in [0.25, 0.3) is 0 Å². The summed E-state index contributed by atoms with van der Waals surface area (Å²) in [6.45, 7) is 2.46. The summed E-state index contributed by atoms with van der Waals surface area (Å²) in [5, 5.41) is 8.21. The second kappa shape index (κ2) is 8.29. The standard InChI is InChI=1S/C10H16O4/c1-2-3-4-5-8-14-10(13)7-6-9(11)12/h6-7H,2-5,8H2,1H3,(H,11,12). The van der Waals surface area contributed by atoms with Crippen LogP contribution in [0.15, 0.2) is 12.2 Å². The zero-order valence-corrected chi connectivity index (χ0v) is 8.36. The van der Waals surface area contributed by atoms with E-state index in [0.717, 1.165) is 37.8 Å². The van der Waals surface area contributed by atoms with Gasteiger partial charge in [-0.2, -0.15) is 0 Å². The summed E-state index contributed by atoms with van der Waals surface area (Å²) in [7, 11) is 0. The third kappa shape index (κ3) is 8.77. The van der Waals surface area contributed by atoms with Crippen molar-refractivity contribution in [1.29, 1.82) is 0 Å². The topological polar surface area (TPSA) is 63.6 Å². The fourth-order valence-corrected chi connectivity index (χ4v) is 0.889. The molecular weight excluding hydrogens is 184 g/mol. The number of ether oxygens (including phenoxy) is 1. The molecule has 14 heavy (non-hydrogen) atoms. The van der Waals surface area contributed by atoms with Crippen molar-refractivity contribution in [1.82, 2.24) is 0 Å². The Morgan fingerprint density at radius 1 is 1.21 bits per heavy atom. The minimum absolute atomic E-state index is 0.364. The van der Waals surface area contributed by atoms with E-state index in [1.165, 1.54) is 0 Å². The summed E-state index contributed by atoms with van der Waals surface area (Å²) in [5.74, 6) is -1.74. The molecule has 4 nitrogen and oxygen atoms in total. The fourth-order valence-electron chi connectivity index (χ4n) is 0.889. The molecule has 0 aromatic rings. The van der Waals surface area contributed by atoms with Crippen LogP contribution in [0.3, 0.4) is 0 Å². The first-order valence-electron chi connectivity index (χ1n) is 4.74. The second-order valence-corrected chi connectivity index (χ2v) is 2.90. The van der Waals surface area contributed by atoms with Crippen LogP contribution in [-0.2, 0) is 14.3 Å². The Bertz CT molecular complexity index is 208. The number of hydrogen-bond acceptors (Lipinski definition) is 3. The van der Waals surface area contributed by atoms with Crippen molar-refractivity contribution in [2.75, 3.05) is 6.61 Å². The van der Waals surface area contributed by atoms with Crippen molar-refractivity contribution in [3.63, 3.8) is 0 Å². The number of hydrogen-bond donors (Lipinski definition) is 1. The molecule has 0 amide bonds. The molecule has 0 aliphatic heterocycles. The van der Waals surface area contributed by atoms with Crippen molar-refractivity contribution in [2.24, 2.45) is 0 Å². The number of rotatable bonds is 7. The van der Waals surface area contributed by atoms with Gasteiger partial charge in [-0.1, -0.05) is 26.2 Å². The summed E-state index contributed by atoms with van der Waals surface area (Å²) >= 11 is 0. The third-order valence-corrected chi connectivity index (χ3v) is 1.60.